The third-order valence-corrected chi connectivity index (χ3v) is 1.60. The fraction of sp³-hybridized carbons (Fsp3) is 0.750. The van der Waals surface area contributed by atoms with Crippen molar-refractivity contribution in [2.24, 2.45) is 0 Å². The summed E-state index contributed by atoms with van der Waals surface area (Å²) in [5.74, 6) is 0. The molecule has 1 rings (SSSR count). The fourth-order valence-corrected chi connectivity index (χ4v) is 0.861. The predicted molar refractivity (Wildman–Crippen MR) is 40.5 cm³/mol. The average Bonchev–Trinajstić information content (AvgIpc) is 2.63. The molecule has 1 heteroatoms. The van der Waals surface area contributed by atoms with Gasteiger partial charge in [-0.3, -0.25) is 0 Å². The van der Waals surface area contributed by atoms with Crippen molar-refractivity contribution in [2.45, 2.75) is 25.7 Å². The maximum atomic E-state index is 3.13. The summed E-state index contributed by atoms with van der Waals surface area (Å²) in [7, 11) is 2.00. The van der Waals surface area contributed by atoms with Crippen LogP contribution in [0.15, 0.2) is 11.6 Å². The second kappa shape index (κ2) is 3.67. The minimum Gasteiger partial charge on any atom is -0.320 e. The van der Waals surface area contributed by atoms with Crippen molar-refractivity contribution >= 4 is 0 Å². The largest absolute Gasteiger partial charge is 0.320 e. The van der Waals surface area contributed by atoms with E-state index in [-0.39, 0.29) is 0 Å². The lowest BCUT2D eigenvalue weighted by molar-refractivity contribution is 0.735. The van der Waals surface area contributed by atoms with Gasteiger partial charge in [-0.15, -0.1) is 0 Å². The topological polar surface area (TPSA) is 12.0 Å². The van der Waals surface area contributed by atoms with Crippen LogP contribution in [0.5, 0.6) is 0 Å². The van der Waals surface area contributed by atoms with Crippen molar-refractivity contribution in [2.75, 3.05) is 13.6 Å². The van der Waals surface area contributed by atoms with Crippen LogP contribution in [-0.4, -0.2) is 13.6 Å². The lowest BCUT2D eigenvalue weighted by Crippen LogP contribution is -2.06. The third kappa shape index (κ3) is 3.31. The second-order valence-corrected chi connectivity index (χ2v) is 2.61. The number of hydrogen-bond acceptors (Lipinski definition) is 1. The highest BCUT2D eigenvalue weighted by molar-refractivity contribution is 5.15. The molecule has 0 atom stereocenters. The van der Waals surface area contributed by atoms with E-state index in [9.17, 15) is 0 Å². The number of hydrogen-bond donors (Lipinski definition) is 1. The van der Waals surface area contributed by atoms with Crippen molar-refractivity contribution < 1.29 is 0 Å². The monoisotopic (exact) mass is 125 g/mol. The number of unbranched alkanes of at least 4 members (excludes halogenated alkanes) is 1. The normalized spacial score (nSPS) is 15.9. The fourth-order valence-electron chi connectivity index (χ4n) is 0.861. The summed E-state index contributed by atoms with van der Waals surface area (Å²) in [6.07, 6.45) is 7.70. The molecule has 52 valence electrons. The first-order chi connectivity index (χ1) is 4.43. The van der Waals surface area contributed by atoms with Crippen LogP contribution in [0.2, 0.25) is 0 Å². The van der Waals surface area contributed by atoms with E-state index in [1.165, 1.54) is 25.7 Å². The van der Waals surface area contributed by atoms with Crippen LogP contribution >= 0.6 is 0 Å². The van der Waals surface area contributed by atoms with Gasteiger partial charge in [0.25, 0.3) is 0 Å². The van der Waals surface area contributed by atoms with Crippen molar-refractivity contribution in [1.82, 2.24) is 5.32 Å². The molecule has 1 fully saturated rings. The van der Waals surface area contributed by atoms with Crippen molar-refractivity contribution in [1.29, 1.82) is 0 Å². The second-order valence-electron chi connectivity index (χ2n) is 2.61. The Morgan fingerprint density at radius 2 is 2.33 bits per heavy atom. The molecule has 0 aliphatic heterocycles. The van der Waals surface area contributed by atoms with Gasteiger partial charge in [0.1, 0.15) is 0 Å². The van der Waals surface area contributed by atoms with E-state index in [0.717, 1.165) is 6.54 Å². The van der Waals surface area contributed by atoms with Crippen LogP contribution in [0.3, 0.4) is 0 Å². The molecule has 0 amide bonds. The Morgan fingerprint density at radius 1 is 1.56 bits per heavy atom. The standard InChI is InChI=1S/C8H15N/c1-9-7-3-2-4-8-5-6-8/h4,9H,2-3,5-7H2,1H3. The molecule has 0 unspecified atom stereocenters. The Morgan fingerprint density at radius 3 is 2.89 bits per heavy atom. The van der Waals surface area contributed by atoms with Gasteiger partial charge >= 0.3 is 0 Å². The van der Waals surface area contributed by atoms with Crippen molar-refractivity contribution in [3.05, 3.63) is 11.6 Å². The zero-order chi connectivity index (χ0) is 6.53. The molecule has 9 heavy (non-hydrogen) atoms. The highest BCUT2D eigenvalue weighted by Gasteiger charge is 2.08. The molecule has 0 saturated heterocycles. The quantitative estimate of drug-likeness (QED) is 0.445. The van der Waals surface area contributed by atoms with E-state index >= 15 is 0 Å². The molecule has 1 nitrogen and oxygen atoms in total. The van der Waals surface area contributed by atoms with E-state index in [0.29, 0.717) is 0 Å². The van der Waals surface area contributed by atoms with Crippen LogP contribution < -0.4 is 5.32 Å². The van der Waals surface area contributed by atoms with Crippen LogP contribution in [0, 0.1) is 0 Å². The third-order valence-electron chi connectivity index (χ3n) is 1.60. The SMILES string of the molecule is CNCCCC=C1CC1. The van der Waals surface area contributed by atoms with Crippen molar-refractivity contribution in [3.8, 4) is 0 Å². The van der Waals surface area contributed by atoms with Crippen molar-refractivity contribution in [3.63, 3.8) is 0 Å². The molecule has 1 aliphatic carbocycles. The smallest absolute Gasteiger partial charge is 0.00490 e. The van der Waals surface area contributed by atoms with E-state index in [1.807, 2.05) is 7.05 Å². The van der Waals surface area contributed by atoms with Crippen LogP contribution in [0.4, 0.5) is 0 Å². The van der Waals surface area contributed by atoms with Gasteiger partial charge in [0.2, 0.25) is 0 Å². The average molecular weight is 125 g/mol. The predicted octanol–water partition coefficient (Wildman–Crippen LogP) is 1.71. The Labute approximate surface area is 57.1 Å². The summed E-state index contributed by atoms with van der Waals surface area (Å²) in [6.45, 7) is 1.16. The lowest BCUT2D eigenvalue weighted by atomic mass is 10.3. The zero-order valence-electron chi connectivity index (χ0n) is 6.11. The summed E-state index contributed by atoms with van der Waals surface area (Å²) in [5.41, 5.74) is 1.67. The van der Waals surface area contributed by atoms with Gasteiger partial charge < -0.3 is 5.32 Å². The maximum Gasteiger partial charge on any atom is -0.00490 e. The van der Waals surface area contributed by atoms with E-state index in [4.69, 9.17) is 0 Å². The highest BCUT2D eigenvalue weighted by Crippen LogP contribution is 2.27. The van der Waals surface area contributed by atoms with Crippen LogP contribution in [-0.2, 0) is 0 Å². The molecule has 1 aliphatic rings. The van der Waals surface area contributed by atoms with Gasteiger partial charge in [0, 0.05) is 0 Å². The summed E-state index contributed by atoms with van der Waals surface area (Å²) < 4.78 is 0. The van der Waals surface area contributed by atoms with E-state index in [1.54, 1.807) is 5.57 Å². The first kappa shape index (κ1) is 6.81. The van der Waals surface area contributed by atoms with Crippen LogP contribution in [0.1, 0.15) is 25.7 Å². The molecule has 1 N–H and O–H groups in total. The van der Waals surface area contributed by atoms with Gasteiger partial charge in [-0.25, -0.2) is 0 Å². The Balaban J connectivity index is 1.87. The van der Waals surface area contributed by atoms with Gasteiger partial charge in [0.05, 0.1) is 0 Å². The van der Waals surface area contributed by atoms with Gasteiger partial charge in [-0.05, 0) is 39.3 Å². The first-order valence-corrected chi connectivity index (χ1v) is 3.76. The Kier molecular flexibility index (Phi) is 2.78. The molecule has 1 saturated carbocycles. The van der Waals surface area contributed by atoms with Gasteiger partial charge in [-0.2, -0.15) is 0 Å². The molecule has 0 aromatic heterocycles. The van der Waals surface area contributed by atoms with Gasteiger partial charge in [-0.1, -0.05) is 11.6 Å². The molecule has 0 aromatic rings. The molecule has 0 aromatic carbocycles. The summed E-state index contributed by atoms with van der Waals surface area (Å²) in [6, 6.07) is 0. The Bertz CT molecular complexity index is 99.1. The number of nitrogens with one attached hydrogen (secondary N) is 1. The zero-order valence-corrected chi connectivity index (χ0v) is 6.11. The minimum absolute atomic E-state index is 1.16. The molecular formula is C8H15N. The summed E-state index contributed by atoms with van der Waals surface area (Å²) in [5, 5.41) is 3.13. The molecule has 0 bridgehead atoms. The summed E-state index contributed by atoms with van der Waals surface area (Å²) in [4.78, 5) is 0. The molecule has 0 heterocycles. The van der Waals surface area contributed by atoms with Crippen LogP contribution in [0.25, 0.3) is 0 Å². The van der Waals surface area contributed by atoms with Gasteiger partial charge in [0.15, 0.2) is 0 Å². The first-order valence-electron chi connectivity index (χ1n) is 3.76. The molecule has 0 radical (unpaired) electrons. The summed E-state index contributed by atoms with van der Waals surface area (Å²) >= 11 is 0. The lowest BCUT2D eigenvalue weighted by Gasteiger charge is -1.92. The number of rotatable bonds is 4. The van der Waals surface area contributed by atoms with E-state index in [2.05, 4.69) is 11.4 Å². The minimum atomic E-state index is 1.16. The Hall–Kier alpha value is -0.300. The maximum absolute atomic E-state index is 3.13. The highest BCUT2D eigenvalue weighted by atomic mass is 14.8. The molecular weight excluding hydrogens is 110 g/mol. The number of allylic oxidation sites excluding steroid dienone is 2. The molecule has 0 spiro atoms. The van der Waals surface area contributed by atoms with E-state index < -0.39 is 0 Å².